The summed E-state index contributed by atoms with van der Waals surface area (Å²) in [5.41, 5.74) is 0. The lowest BCUT2D eigenvalue weighted by Gasteiger charge is -2.34. The molecule has 0 aliphatic heterocycles. The summed E-state index contributed by atoms with van der Waals surface area (Å²) in [7, 11) is 0. The predicted molar refractivity (Wildman–Crippen MR) is 121 cm³/mol. The van der Waals surface area contributed by atoms with Crippen LogP contribution < -0.4 is 21.3 Å². The van der Waals surface area contributed by atoms with Gasteiger partial charge in [0, 0.05) is 12.1 Å². The van der Waals surface area contributed by atoms with E-state index in [1.165, 1.54) is 22.7 Å². The fourth-order valence-electron chi connectivity index (χ4n) is 3.03. The Balaban J connectivity index is 1.51. The van der Waals surface area contributed by atoms with Crippen molar-refractivity contribution >= 4 is 69.1 Å². The number of thiocarbonyl (C=S) groups is 2. The van der Waals surface area contributed by atoms with E-state index in [1.54, 1.807) is 12.1 Å². The van der Waals surface area contributed by atoms with Crippen LogP contribution in [0, 0.1) is 0 Å². The zero-order valence-electron chi connectivity index (χ0n) is 14.9. The Morgan fingerprint density at radius 2 is 1.25 bits per heavy atom. The van der Waals surface area contributed by atoms with Crippen LogP contribution in [-0.2, 0) is 0 Å². The van der Waals surface area contributed by atoms with Crippen LogP contribution in [0.1, 0.15) is 45.0 Å². The average molecular weight is 453 g/mol. The Morgan fingerprint density at radius 1 is 0.821 bits per heavy atom. The molecule has 6 nitrogen and oxygen atoms in total. The average Bonchev–Trinajstić information content (AvgIpc) is 3.37. The Morgan fingerprint density at radius 3 is 1.61 bits per heavy atom. The number of rotatable bonds is 4. The first kappa shape index (κ1) is 20.8. The Hall–Kier alpha value is -1.88. The largest absolute Gasteiger partial charge is 0.358 e. The molecule has 1 fully saturated rings. The summed E-state index contributed by atoms with van der Waals surface area (Å²) in [5, 5.41) is 16.2. The van der Waals surface area contributed by atoms with Crippen molar-refractivity contribution < 1.29 is 9.59 Å². The molecule has 3 rings (SSSR count). The first-order valence-corrected chi connectivity index (χ1v) is 11.4. The molecule has 0 radical (unpaired) electrons. The minimum atomic E-state index is -0.216. The molecule has 2 atom stereocenters. The Kier molecular flexibility index (Phi) is 7.49. The van der Waals surface area contributed by atoms with Crippen molar-refractivity contribution in [1.82, 2.24) is 21.3 Å². The highest BCUT2D eigenvalue weighted by Crippen LogP contribution is 2.19. The number of nitrogens with one attached hydrogen (secondary N) is 4. The maximum atomic E-state index is 12.1. The highest BCUT2D eigenvalue weighted by molar-refractivity contribution is 7.80. The lowest BCUT2D eigenvalue weighted by atomic mass is 9.90. The third-order valence-electron chi connectivity index (χ3n) is 4.34. The molecule has 2 aromatic rings. The van der Waals surface area contributed by atoms with E-state index in [9.17, 15) is 9.59 Å². The molecule has 1 aliphatic carbocycles. The van der Waals surface area contributed by atoms with E-state index in [4.69, 9.17) is 24.4 Å². The van der Waals surface area contributed by atoms with Crippen molar-refractivity contribution in [3.8, 4) is 0 Å². The minimum absolute atomic E-state index is 0.0153. The van der Waals surface area contributed by atoms with Gasteiger partial charge in [0.25, 0.3) is 11.8 Å². The molecular formula is C18H20N4O2S4. The number of amides is 2. The van der Waals surface area contributed by atoms with Crippen molar-refractivity contribution in [3.63, 3.8) is 0 Å². The molecule has 0 saturated heterocycles. The fraction of sp³-hybridized carbons (Fsp3) is 0.333. The van der Waals surface area contributed by atoms with Crippen LogP contribution in [0.4, 0.5) is 0 Å². The van der Waals surface area contributed by atoms with Gasteiger partial charge >= 0.3 is 0 Å². The highest BCUT2D eigenvalue weighted by Gasteiger charge is 2.27. The van der Waals surface area contributed by atoms with E-state index in [0.29, 0.717) is 20.0 Å². The second-order valence-electron chi connectivity index (χ2n) is 6.31. The normalized spacial score (nSPS) is 18.7. The van der Waals surface area contributed by atoms with Gasteiger partial charge in [0.05, 0.1) is 9.75 Å². The van der Waals surface area contributed by atoms with Gasteiger partial charge < -0.3 is 10.6 Å². The summed E-state index contributed by atoms with van der Waals surface area (Å²) < 4.78 is 0. The summed E-state index contributed by atoms with van der Waals surface area (Å²) >= 11 is 13.3. The number of hydrogen-bond donors (Lipinski definition) is 4. The molecule has 4 N–H and O–H groups in total. The van der Waals surface area contributed by atoms with Crippen molar-refractivity contribution in [2.45, 2.75) is 37.8 Å². The van der Waals surface area contributed by atoms with Crippen molar-refractivity contribution in [2.24, 2.45) is 0 Å². The van der Waals surface area contributed by atoms with Gasteiger partial charge in [-0.15, -0.1) is 22.7 Å². The first-order chi connectivity index (χ1) is 13.5. The summed E-state index contributed by atoms with van der Waals surface area (Å²) in [6.07, 6.45) is 3.92. The predicted octanol–water partition coefficient (Wildman–Crippen LogP) is 3.03. The SMILES string of the molecule is O=C(NC(=S)NC1CCCCC1NC(=S)NC(=O)c1cccs1)c1cccs1. The monoisotopic (exact) mass is 452 g/mol. The third-order valence-corrected chi connectivity index (χ3v) is 6.52. The molecule has 148 valence electrons. The molecule has 0 bridgehead atoms. The van der Waals surface area contributed by atoms with E-state index in [2.05, 4.69) is 21.3 Å². The molecule has 1 aliphatic rings. The van der Waals surface area contributed by atoms with Crippen LogP contribution in [0.3, 0.4) is 0 Å². The maximum absolute atomic E-state index is 12.1. The van der Waals surface area contributed by atoms with Crippen LogP contribution in [-0.4, -0.2) is 34.1 Å². The minimum Gasteiger partial charge on any atom is -0.358 e. The summed E-state index contributed by atoms with van der Waals surface area (Å²) in [4.78, 5) is 25.5. The van der Waals surface area contributed by atoms with Gasteiger partial charge in [-0.1, -0.05) is 25.0 Å². The van der Waals surface area contributed by atoms with Crippen molar-refractivity contribution in [3.05, 3.63) is 44.8 Å². The number of hydrogen-bond acceptors (Lipinski definition) is 6. The van der Waals surface area contributed by atoms with Gasteiger partial charge in [0.2, 0.25) is 0 Å². The Labute approximate surface area is 182 Å². The van der Waals surface area contributed by atoms with Crippen LogP contribution >= 0.6 is 47.1 Å². The van der Waals surface area contributed by atoms with E-state index in [-0.39, 0.29) is 23.9 Å². The lowest BCUT2D eigenvalue weighted by molar-refractivity contribution is 0.0970. The molecule has 2 heterocycles. The number of thiophene rings is 2. The maximum Gasteiger partial charge on any atom is 0.267 e. The molecule has 1 saturated carbocycles. The van der Waals surface area contributed by atoms with Crippen molar-refractivity contribution in [2.75, 3.05) is 0 Å². The summed E-state index contributed by atoms with van der Waals surface area (Å²) in [6.45, 7) is 0. The molecule has 2 amide bonds. The van der Waals surface area contributed by atoms with Crippen LogP contribution in [0.15, 0.2) is 35.0 Å². The van der Waals surface area contributed by atoms with Gasteiger partial charge in [-0.25, -0.2) is 0 Å². The second-order valence-corrected chi connectivity index (χ2v) is 9.02. The zero-order chi connectivity index (χ0) is 19.9. The lowest BCUT2D eigenvalue weighted by Crippen LogP contribution is -2.57. The molecular weight excluding hydrogens is 432 g/mol. The van der Waals surface area contributed by atoms with Crippen LogP contribution in [0.2, 0.25) is 0 Å². The first-order valence-electron chi connectivity index (χ1n) is 8.83. The quantitative estimate of drug-likeness (QED) is 0.534. The second kappa shape index (κ2) is 10.1. The fourth-order valence-corrected chi connectivity index (χ4v) is 4.76. The number of carbonyl (C=O) groups excluding carboxylic acids is 2. The zero-order valence-corrected chi connectivity index (χ0v) is 18.2. The van der Waals surface area contributed by atoms with Gasteiger partial charge in [-0.3, -0.25) is 20.2 Å². The summed E-state index contributed by atoms with van der Waals surface area (Å²) in [5.74, 6) is -0.432. The van der Waals surface area contributed by atoms with E-state index < -0.39 is 0 Å². The van der Waals surface area contributed by atoms with E-state index in [1.807, 2.05) is 22.9 Å². The van der Waals surface area contributed by atoms with Gasteiger partial charge in [0.1, 0.15) is 0 Å². The topological polar surface area (TPSA) is 82.3 Å². The van der Waals surface area contributed by atoms with Crippen LogP contribution in [0.25, 0.3) is 0 Å². The standard InChI is InChI=1S/C18H20N4O2S4/c23-15(13-7-3-9-27-13)21-17(25)19-11-5-1-2-6-12(11)20-18(26)22-16(24)14-8-4-10-28-14/h3-4,7-12H,1-2,5-6H2,(H2,19,21,23,25)(H2,20,22,24,26). The van der Waals surface area contributed by atoms with Crippen LogP contribution in [0.5, 0.6) is 0 Å². The molecule has 2 aromatic heterocycles. The smallest absolute Gasteiger partial charge is 0.267 e. The molecule has 0 spiro atoms. The molecule has 28 heavy (non-hydrogen) atoms. The van der Waals surface area contributed by atoms with Gasteiger partial charge in [0.15, 0.2) is 10.2 Å². The Bertz CT molecular complexity index is 766. The molecule has 2 unspecified atom stereocenters. The number of carbonyl (C=O) groups is 2. The third kappa shape index (κ3) is 5.81. The van der Waals surface area contributed by atoms with Gasteiger partial charge in [-0.05, 0) is 60.2 Å². The van der Waals surface area contributed by atoms with E-state index in [0.717, 1.165) is 25.7 Å². The molecule has 0 aromatic carbocycles. The van der Waals surface area contributed by atoms with Crippen molar-refractivity contribution in [1.29, 1.82) is 0 Å². The highest BCUT2D eigenvalue weighted by atomic mass is 32.1. The van der Waals surface area contributed by atoms with Gasteiger partial charge in [-0.2, -0.15) is 0 Å². The summed E-state index contributed by atoms with van der Waals surface area (Å²) in [6, 6.07) is 7.18. The van der Waals surface area contributed by atoms with E-state index >= 15 is 0 Å². The molecule has 10 heteroatoms.